The SMILES string of the molecule is CCOCCCN1CC[C@H](O)C1. The Labute approximate surface area is 74.3 Å². The fourth-order valence-corrected chi connectivity index (χ4v) is 1.55. The van der Waals surface area contributed by atoms with E-state index >= 15 is 0 Å². The minimum Gasteiger partial charge on any atom is -0.392 e. The Kier molecular flexibility index (Phi) is 4.58. The Morgan fingerprint density at radius 1 is 1.58 bits per heavy atom. The van der Waals surface area contributed by atoms with Gasteiger partial charge in [-0.2, -0.15) is 0 Å². The van der Waals surface area contributed by atoms with Crippen molar-refractivity contribution in [2.24, 2.45) is 0 Å². The molecule has 1 aliphatic heterocycles. The van der Waals surface area contributed by atoms with Crippen LogP contribution in [0.25, 0.3) is 0 Å². The van der Waals surface area contributed by atoms with Crippen LogP contribution in [0.2, 0.25) is 0 Å². The van der Waals surface area contributed by atoms with Crippen LogP contribution in [0.5, 0.6) is 0 Å². The molecule has 72 valence electrons. The quantitative estimate of drug-likeness (QED) is 0.614. The Hall–Kier alpha value is -0.120. The summed E-state index contributed by atoms with van der Waals surface area (Å²) in [5.74, 6) is 0. The second kappa shape index (κ2) is 5.51. The van der Waals surface area contributed by atoms with E-state index in [1.807, 2.05) is 6.92 Å². The van der Waals surface area contributed by atoms with Gasteiger partial charge in [-0.15, -0.1) is 0 Å². The van der Waals surface area contributed by atoms with E-state index in [1.54, 1.807) is 0 Å². The Morgan fingerprint density at radius 3 is 3.00 bits per heavy atom. The molecule has 1 saturated heterocycles. The fraction of sp³-hybridized carbons (Fsp3) is 1.00. The standard InChI is InChI=1S/C9H19NO2/c1-2-12-7-3-5-10-6-4-9(11)8-10/h9,11H,2-8H2,1H3/t9-/m0/s1. The number of likely N-dealkylation sites (tertiary alicyclic amines) is 1. The molecule has 0 aromatic heterocycles. The number of aliphatic hydroxyl groups excluding tert-OH is 1. The zero-order valence-corrected chi connectivity index (χ0v) is 7.83. The van der Waals surface area contributed by atoms with Crippen molar-refractivity contribution in [2.45, 2.75) is 25.9 Å². The fourth-order valence-electron chi connectivity index (χ4n) is 1.55. The van der Waals surface area contributed by atoms with Gasteiger partial charge in [-0.1, -0.05) is 0 Å². The van der Waals surface area contributed by atoms with Gasteiger partial charge in [0.05, 0.1) is 6.10 Å². The van der Waals surface area contributed by atoms with Crippen LogP contribution < -0.4 is 0 Å². The van der Waals surface area contributed by atoms with Gasteiger partial charge in [0.15, 0.2) is 0 Å². The van der Waals surface area contributed by atoms with E-state index in [1.165, 1.54) is 0 Å². The lowest BCUT2D eigenvalue weighted by molar-refractivity contribution is 0.130. The summed E-state index contributed by atoms with van der Waals surface area (Å²) in [5, 5.41) is 9.23. The highest BCUT2D eigenvalue weighted by molar-refractivity contribution is 4.73. The lowest BCUT2D eigenvalue weighted by Gasteiger charge is -2.13. The maximum absolute atomic E-state index is 9.23. The van der Waals surface area contributed by atoms with Crippen LogP contribution in [0, 0.1) is 0 Å². The van der Waals surface area contributed by atoms with E-state index < -0.39 is 0 Å². The van der Waals surface area contributed by atoms with Gasteiger partial charge in [0.1, 0.15) is 0 Å². The van der Waals surface area contributed by atoms with Gasteiger partial charge >= 0.3 is 0 Å². The predicted molar refractivity (Wildman–Crippen MR) is 48.2 cm³/mol. The molecule has 0 amide bonds. The first-order valence-corrected chi connectivity index (χ1v) is 4.81. The third-order valence-electron chi connectivity index (χ3n) is 2.21. The van der Waals surface area contributed by atoms with Crippen LogP contribution in [-0.4, -0.2) is 49.0 Å². The van der Waals surface area contributed by atoms with Crippen molar-refractivity contribution in [3.63, 3.8) is 0 Å². The van der Waals surface area contributed by atoms with Gasteiger partial charge in [0.25, 0.3) is 0 Å². The molecule has 0 radical (unpaired) electrons. The lowest BCUT2D eigenvalue weighted by atomic mass is 10.3. The molecule has 1 aliphatic rings. The van der Waals surface area contributed by atoms with Crippen molar-refractivity contribution < 1.29 is 9.84 Å². The van der Waals surface area contributed by atoms with Crippen molar-refractivity contribution in [3.8, 4) is 0 Å². The molecular weight excluding hydrogens is 154 g/mol. The third-order valence-corrected chi connectivity index (χ3v) is 2.21. The van der Waals surface area contributed by atoms with Crippen LogP contribution >= 0.6 is 0 Å². The molecule has 0 aromatic carbocycles. The van der Waals surface area contributed by atoms with Crippen LogP contribution in [0.4, 0.5) is 0 Å². The summed E-state index contributed by atoms with van der Waals surface area (Å²) in [6, 6.07) is 0. The average Bonchev–Trinajstić information content (AvgIpc) is 2.45. The first kappa shape index (κ1) is 9.96. The second-order valence-electron chi connectivity index (χ2n) is 3.29. The summed E-state index contributed by atoms with van der Waals surface area (Å²) in [7, 11) is 0. The highest BCUT2D eigenvalue weighted by Gasteiger charge is 2.18. The Bertz CT molecular complexity index is 119. The first-order chi connectivity index (χ1) is 5.83. The molecule has 0 unspecified atom stereocenters. The lowest BCUT2D eigenvalue weighted by Crippen LogP contribution is -2.24. The first-order valence-electron chi connectivity index (χ1n) is 4.81. The molecule has 0 bridgehead atoms. The molecule has 1 rings (SSSR count). The maximum Gasteiger partial charge on any atom is 0.0679 e. The molecule has 1 atom stereocenters. The molecule has 0 aromatic rings. The van der Waals surface area contributed by atoms with Gasteiger partial charge in [-0.3, -0.25) is 0 Å². The van der Waals surface area contributed by atoms with Crippen LogP contribution in [0.15, 0.2) is 0 Å². The van der Waals surface area contributed by atoms with Crippen molar-refractivity contribution in [2.75, 3.05) is 32.8 Å². The third kappa shape index (κ3) is 3.52. The molecule has 3 nitrogen and oxygen atoms in total. The van der Waals surface area contributed by atoms with Crippen molar-refractivity contribution in [1.82, 2.24) is 4.90 Å². The molecule has 3 heteroatoms. The topological polar surface area (TPSA) is 32.7 Å². The molecule has 0 saturated carbocycles. The predicted octanol–water partition coefficient (Wildman–Crippen LogP) is 0.480. The van der Waals surface area contributed by atoms with Crippen LogP contribution in [0.1, 0.15) is 19.8 Å². The van der Waals surface area contributed by atoms with Crippen LogP contribution in [0.3, 0.4) is 0 Å². The number of nitrogens with zero attached hydrogens (tertiary/aromatic N) is 1. The van der Waals surface area contributed by atoms with Gasteiger partial charge in [-0.05, 0) is 19.8 Å². The smallest absolute Gasteiger partial charge is 0.0679 e. The Balaban J connectivity index is 1.93. The zero-order valence-electron chi connectivity index (χ0n) is 7.83. The highest BCUT2D eigenvalue weighted by atomic mass is 16.5. The normalized spacial score (nSPS) is 25.0. The van der Waals surface area contributed by atoms with Gasteiger partial charge in [-0.25, -0.2) is 0 Å². The van der Waals surface area contributed by atoms with E-state index in [-0.39, 0.29) is 6.10 Å². The van der Waals surface area contributed by atoms with Crippen molar-refractivity contribution >= 4 is 0 Å². The average molecular weight is 173 g/mol. The summed E-state index contributed by atoms with van der Waals surface area (Å²) >= 11 is 0. The van der Waals surface area contributed by atoms with E-state index in [2.05, 4.69) is 4.90 Å². The Morgan fingerprint density at radius 2 is 2.42 bits per heavy atom. The van der Waals surface area contributed by atoms with Crippen molar-refractivity contribution in [3.05, 3.63) is 0 Å². The molecule has 1 N–H and O–H groups in total. The number of rotatable bonds is 5. The monoisotopic (exact) mass is 173 g/mol. The van der Waals surface area contributed by atoms with Gasteiger partial charge in [0.2, 0.25) is 0 Å². The summed E-state index contributed by atoms with van der Waals surface area (Å²) in [5.41, 5.74) is 0. The van der Waals surface area contributed by atoms with Crippen molar-refractivity contribution in [1.29, 1.82) is 0 Å². The number of hydrogen-bond donors (Lipinski definition) is 1. The molecule has 0 spiro atoms. The van der Waals surface area contributed by atoms with E-state index in [9.17, 15) is 5.11 Å². The number of hydrogen-bond acceptors (Lipinski definition) is 3. The summed E-state index contributed by atoms with van der Waals surface area (Å²) < 4.78 is 5.23. The van der Waals surface area contributed by atoms with Gasteiger partial charge in [0, 0.05) is 32.8 Å². The maximum atomic E-state index is 9.23. The molecule has 12 heavy (non-hydrogen) atoms. The minimum absolute atomic E-state index is 0.0860. The van der Waals surface area contributed by atoms with Gasteiger partial charge < -0.3 is 14.7 Å². The second-order valence-corrected chi connectivity index (χ2v) is 3.29. The van der Waals surface area contributed by atoms with E-state index in [0.717, 1.165) is 45.7 Å². The highest BCUT2D eigenvalue weighted by Crippen LogP contribution is 2.08. The van der Waals surface area contributed by atoms with Crippen LogP contribution in [-0.2, 0) is 4.74 Å². The number of aliphatic hydroxyl groups is 1. The van der Waals surface area contributed by atoms with E-state index in [4.69, 9.17) is 4.74 Å². The summed E-state index contributed by atoms with van der Waals surface area (Å²) in [4.78, 5) is 2.30. The minimum atomic E-state index is -0.0860. The summed E-state index contributed by atoms with van der Waals surface area (Å²) in [6.45, 7) is 6.64. The molecule has 1 heterocycles. The molecular formula is C9H19NO2. The molecule has 1 fully saturated rings. The number of ether oxygens (including phenoxy) is 1. The number of β-amino-alcohol motifs (C(OH)–C–C–N with tert-alkyl or cyclic N) is 1. The largest absolute Gasteiger partial charge is 0.392 e. The summed E-state index contributed by atoms with van der Waals surface area (Å²) in [6.07, 6.45) is 1.94. The van der Waals surface area contributed by atoms with E-state index in [0.29, 0.717) is 0 Å². The molecule has 0 aliphatic carbocycles. The zero-order chi connectivity index (χ0) is 8.81.